The molecule has 1 nitrogen and oxygen atoms in total. The number of aliphatic hydroxyl groups excluding tert-OH is 1. The quantitative estimate of drug-likeness (QED) is 0.597. The number of rotatable bonds is 1. The Kier molecular flexibility index (Phi) is 2.62. The molecule has 0 heterocycles. The molecule has 0 aliphatic heterocycles. The third-order valence-corrected chi connectivity index (χ3v) is 3.74. The predicted molar refractivity (Wildman–Crippen MR) is 51.9 cm³/mol. The minimum atomic E-state index is 0.226. The molecule has 1 aliphatic rings. The van der Waals surface area contributed by atoms with Crippen LogP contribution in [-0.4, -0.2) is 11.7 Å². The van der Waals surface area contributed by atoms with Gasteiger partial charge in [0.25, 0.3) is 0 Å². The van der Waals surface area contributed by atoms with Crippen molar-refractivity contribution in [2.24, 2.45) is 17.3 Å². The van der Waals surface area contributed by atoms with Gasteiger partial charge in [-0.15, -0.1) is 0 Å². The first-order chi connectivity index (χ1) is 5.50. The Labute approximate surface area is 75.5 Å². The number of hydrogen-bond donors (Lipinski definition) is 1. The molecule has 0 bridgehead atoms. The summed E-state index contributed by atoms with van der Waals surface area (Å²) >= 11 is 0. The Morgan fingerprint density at radius 1 is 1.58 bits per heavy atom. The average Bonchev–Trinajstić information content (AvgIpc) is 1.98. The van der Waals surface area contributed by atoms with E-state index < -0.39 is 0 Å². The van der Waals surface area contributed by atoms with Crippen LogP contribution in [0.25, 0.3) is 0 Å². The van der Waals surface area contributed by atoms with Crippen LogP contribution < -0.4 is 0 Å². The van der Waals surface area contributed by atoms with E-state index in [1.54, 1.807) is 0 Å². The summed E-state index contributed by atoms with van der Waals surface area (Å²) in [6.07, 6.45) is 2.32. The van der Waals surface area contributed by atoms with Crippen LogP contribution in [-0.2, 0) is 0 Å². The Balaban J connectivity index is 2.83. The Morgan fingerprint density at radius 2 is 2.17 bits per heavy atom. The van der Waals surface area contributed by atoms with Crippen molar-refractivity contribution in [1.82, 2.24) is 0 Å². The van der Waals surface area contributed by atoms with Gasteiger partial charge in [0, 0.05) is 5.92 Å². The highest BCUT2D eigenvalue weighted by atomic mass is 16.3. The van der Waals surface area contributed by atoms with Gasteiger partial charge in [0.15, 0.2) is 0 Å². The lowest BCUT2D eigenvalue weighted by Crippen LogP contribution is -2.38. The van der Waals surface area contributed by atoms with E-state index in [2.05, 4.69) is 27.4 Å². The fourth-order valence-corrected chi connectivity index (χ4v) is 2.18. The third kappa shape index (κ3) is 1.42. The van der Waals surface area contributed by atoms with E-state index in [4.69, 9.17) is 0 Å². The van der Waals surface area contributed by atoms with Crippen LogP contribution in [0.5, 0.6) is 0 Å². The smallest absolute Gasteiger partial charge is 0.0501 e. The van der Waals surface area contributed by atoms with Crippen LogP contribution in [0.4, 0.5) is 0 Å². The van der Waals surface area contributed by atoms with Gasteiger partial charge in [0.05, 0.1) is 6.61 Å². The topological polar surface area (TPSA) is 20.2 Å². The van der Waals surface area contributed by atoms with Crippen molar-refractivity contribution in [3.63, 3.8) is 0 Å². The van der Waals surface area contributed by atoms with Crippen LogP contribution in [0.3, 0.4) is 0 Å². The molecule has 1 rings (SSSR count). The maximum absolute atomic E-state index is 9.25. The normalized spacial score (nSPS) is 35.2. The minimum Gasteiger partial charge on any atom is -0.396 e. The molecule has 1 aliphatic carbocycles. The second kappa shape index (κ2) is 3.21. The zero-order valence-electron chi connectivity index (χ0n) is 8.43. The summed E-state index contributed by atoms with van der Waals surface area (Å²) in [6, 6.07) is 0. The highest BCUT2D eigenvalue weighted by Crippen LogP contribution is 2.46. The molecule has 0 aromatic rings. The molecule has 0 spiro atoms. The van der Waals surface area contributed by atoms with E-state index in [1.807, 2.05) is 0 Å². The van der Waals surface area contributed by atoms with Crippen LogP contribution >= 0.6 is 0 Å². The van der Waals surface area contributed by atoms with Gasteiger partial charge in [-0.25, -0.2) is 0 Å². The maximum atomic E-state index is 9.25. The van der Waals surface area contributed by atoms with Gasteiger partial charge in [-0.05, 0) is 24.2 Å². The second-order valence-corrected chi connectivity index (χ2v) is 4.65. The SMILES string of the molecule is C=C1CC[C@@H](C)C(C)(C)[C@H]1CO. The minimum absolute atomic E-state index is 0.226. The first-order valence-corrected chi connectivity index (χ1v) is 4.78. The van der Waals surface area contributed by atoms with E-state index in [9.17, 15) is 5.11 Å². The summed E-state index contributed by atoms with van der Waals surface area (Å²) in [5.74, 6) is 1.00. The number of hydrogen-bond acceptors (Lipinski definition) is 1. The van der Waals surface area contributed by atoms with Crippen LogP contribution in [0.15, 0.2) is 12.2 Å². The first-order valence-electron chi connectivity index (χ1n) is 4.78. The Bertz CT molecular complexity index is 181. The van der Waals surface area contributed by atoms with Crippen molar-refractivity contribution >= 4 is 0 Å². The van der Waals surface area contributed by atoms with Crippen molar-refractivity contribution < 1.29 is 5.11 Å². The molecule has 0 aromatic carbocycles. The largest absolute Gasteiger partial charge is 0.396 e. The van der Waals surface area contributed by atoms with Gasteiger partial charge in [0.2, 0.25) is 0 Å². The average molecular weight is 168 g/mol. The highest BCUT2D eigenvalue weighted by molar-refractivity contribution is 5.10. The fourth-order valence-electron chi connectivity index (χ4n) is 2.18. The molecule has 0 saturated heterocycles. The molecule has 0 unspecified atom stereocenters. The van der Waals surface area contributed by atoms with Crippen molar-refractivity contribution in [2.45, 2.75) is 33.6 Å². The van der Waals surface area contributed by atoms with E-state index in [0.717, 1.165) is 6.42 Å². The van der Waals surface area contributed by atoms with Gasteiger partial charge in [-0.2, -0.15) is 0 Å². The molecular weight excluding hydrogens is 148 g/mol. The van der Waals surface area contributed by atoms with Crippen molar-refractivity contribution in [2.75, 3.05) is 6.61 Å². The van der Waals surface area contributed by atoms with E-state index in [0.29, 0.717) is 11.8 Å². The maximum Gasteiger partial charge on any atom is 0.0501 e. The molecule has 12 heavy (non-hydrogen) atoms. The van der Waals surface area contributed by atoms with Crippen molar-refractivity contribution in [3.8, 4) is 0 Å². The van der Waals surface area contributed by atoms with E-state index >= 15 is 0 Å². The summed E-state index contributed by atoms with van der Waals surface area (Å²) < 4.78 is 0. The van der Waals surface area contributed by atoms with Crippen LogP contribution in [0, 0.1) is 17.3 Å². The van der Waals surface area contributed by atoms with Gasteiger partial charge in [-0.3, -0.25) is 0 Å². The first kappa shape index (κ1) is 9.79. The lowest BCUT2D eigenvalue weighted by molar-refractivity contribution is 0.0655. The Hall–Kier alpha value is -0.300. The molecule has 1 heteroatoms. The lowest BCUT2D eigenvalue weighted by Gasteiger charge is -2.44. The Morgan fingerprint density at radius 3 is 2.58 bits per heavy atom. The molecule has 0 radical (unpaired) electrons. The number of aliphatic hydroxyl groups is 1. The zero-order valence-corrected chi connectivity index (χ0v) is 8.43. The molecule has 70 valence electrons. The van der Waals surface area contributed by atoms with Crippen molar-refractivity contribution in [3.05, 3.63) is 12.2 Å². The molecular formula is C11H20O. The summed E-state index contributed by atoms with van der Waals surface area (Å²) in [5, 5.41) is 9.25. The zero-order chi connectivity index (χ0) is 9.35. The van der Waals surface area contributed by atoms with E-state index in [1.165, 1.54) is 12.0 Å². The molecule has 0 aromatic heterocycles. The predicted octanol–water partition coefficient (Wildman–Crippen LogP) is 2.61. The van der Waals surface area contributed by atoms with Crippen LogP contribution in [0.2, 0.25) is 0 Å². The molecule has 1 saturated carbocycles. The fraction of sp³-hybridized carbons (Fsp3) is 0.818. The molecule has 0 amide bonds. The van der Waals surface area contributed by atoms with Gasteiger partial charge in [0.1, 0.15) is 0 Å². The molecule has 1 N–H and O–H groups in total. The highest BCUT2D eigenvalue weighted by Gasteiger charge is 2.39. The standard InChI is InChI=1S/C11H20O/c1-8-5-6-9(2)11(3,4)10(8)7-12/h9-10,12H,1,5-7H2,2-4H3/t9-,10+/m1/s1. The molecule has 1 fully saturated rings. The van der Waals surface area contributed by atoms with Gasteiger partial charge < -0.3 is 5.11 Å². The summed E-state index contributed by atoms with van der Waals surface area (Å²) in [7, 11) is 0. The third-order valence-electron chi connectivity index (χ3n) is 3.74. The van der Waals surface area contributed by atoms with Gasteiger partial charge in [-0.1, -0.05) is 32.9 Å². The second-order valence-electron chi connectivity index (χ2n) is 4.65. The van der Waals surface area contributed by atoms with Crippen LogP contribution in [0.1, 0.15) is 33.6 Å². The summed E-state index contributed by atoms with van der Waals surface area (Å²) in [5.41, 5.74) is 1.46. The van der Waals surface area contributed by atoms with Gasteiger partial charge >= 0.3 is 0 Å². The monoisotopic (exact) mass is 168 g/mol. The molecule has 2 atom stereocenters. The lowest BCUT2D eigenvalue weighted by atomic mass is 9.61. The van der Waals surface area contributed by atoms with E-state index in [-0.39, 0.29) is 12.0 Å². The summed E-state index contributed by atoms with van der Waals surface area (Å²) in [4.78, 5) is 0. The van der Waals surface area contributed by atoms with Crippen molar-refractivity contribution in [1.29, 1.82) is 0 Å². The summed E-state index contributed by atoms with van der Waals surface area (Å²) in [6.45, 7) is 11.0.